The molecule has 9 nitrogen and oxygen atoms in total. The van der Waals surface area contributed by atoms with Crippen LogP contribution in [0.3, 0.4) is 0 Å². The van der Waals surface area contributed by atoms with Crippen molar-refractivity contribution < 1.29 is 19.1 Å². The number of carbonyl (C=O) groups excluding carboxylic acids is 3. The molecule has 2 aliphatic heterocycles. The first-order chi connectivity index (χ1) is 12.6. The number of hydrogen-bond donors (Lipinski definition) is 2. The minimum Gasteiger partial charge on any atom is -0.444 e. The lowest BCUT2D eigenvalue weighted by atomic mass is 9.93. The lowest BCUT2D eigenvalue weighted by molar-refractivity contribution is -0.134. The van der Waals surface area contributed by atoms with Crippen LogP contribution in [0.1, 0.15) is 44.3 Å². The summed E-state index contributed by atoms with van der Waals surface area (Å²) in [4.78, 5) is 45.3. The van der Waals surface area contributed by atoms with Crippen LogP contribution in [-0.2, 0) is 16.0 Å². The number of aromatic nitrogens is 1. The lowest BCUT2D eigenvalue weighted by Crippen LogP contribution is -2.60. The molecular weight excluding hydrogens is 370 g/mol. The average molecular weight is 395 g/mol. The molecule has 0 saturated carbocycles. The zero-order valence-electron chi connectivity index (χ0n) is 16.2. The summed E-state index contributed by atoms with van der Waals surface area (Å²) in [5, 5.41) is 5.66. The standard InChI is InChI=1S/C17H25N5O4S/c1-9(23)21-7-10-6-11-13(27-15(19-11)20-14(24)18-5)12(8-21)22(10)16(25)26-17(2,3)4/h10,12H,6-8H2,1-5H3,(H2,18,19,20,24). The van der Waals surface area contributed by atoms with Gasteiger partial charge in [-0.1, -0.05) is 11.3 Å². The monoisotopic (exact) mass is 395 g/mol. The number of carbonyl (C=O) groups is 3. The molecule has 2 bridgehead atoms. The molecule has 4 amide bonds. The number of urea groups is 1. The topological polar surface area (TPSA) is 104 Å². The number of thiazole rings is 1. The smallest absolute Gasteiger partial charge is 0.411 e. The quantitative estimate of drug-likeness (QED) is 0.756. The Hall–Kier alpha value is -2.36. The first-order valence-electron chi connectivity index (χ1n) is 8.84. The Morgan fingerprint density at radius 2 is 1.96 bits per heavy atom. The van der Waals surface area contributed by atoms with Crippen LogP contribution in [0.2, 0.25) is 0 Å². The van der Waals surface area contributed by atoms with E-state index in [0.29, 0.717) is 24.6 Å². The number of piperazine rings is 1. The molecule has 3 rings (SSSR count). The van der Waals surface area contributed by atoms with Crippen LogP contribution in [0.4, 0.5) is 14.7 Å². The molecule has 2 N–H and O–H groups in total. The van der Waals surface area contributed by atoms with Crippen molar-refractivity contribution in [3.8, 4) is 0 Å². The first kappa shape index (κ1) is 19.4. The van der Waals surface area contributed by atoms with Crippen LogP contribution >= 0.6 is 11.3 Å². The van der Waals surface area contributed by atoms with Gasteiger partial charge in [-0.25, -0.2) is 14.6 Å². The van der Waals surface area contributed by atoms with Crippen LogP contribution in [0.25, 0.3) is 0 Å². The number of hydrogen-bond acceptors (Lipinski definition) is 6. The lowest BCUT2D eigenvalue weighted by Gasteiger charge is -2.48. The van der Waals surface area contributed by atoms with Gasteiger partial charge in [0.15, 0.2) is 5.13 Å². The van der Waals surface area contributed by atoms with Crippen molar-refractivity contribution in [3.63, 3.8) is 0 Å². The maximum absolute atomic E-state index is 12.8. The number of nitrogens with zero attached hydrogens (tertiary/aromatic N) is 3. The molecule has 1 aromatic heterocycles. The summed E-state index contributed by atoms with van der Waals surface area (Å²) in [5.74, 6) is -0.0227. The van der Waals surface area contributed by atoms with Crippen LogP contribution in [-0.4, -0.2) is 64.6 Å². The van der Waals surface area contributed by atoms with E-state index < -0.39 is 5.60 Å². The predicted octanol–water partition coefficient (Wildman–Crippen LogP) is 1.96. The predicted molar refractivity (Wildman–Crippen MR) is 101 cm³/mol. The Kier molecular flexibility index (Phi) is 5.02. The Morgan fingerprint density at radius 1 is 1.26 bits per heavy atom. The Labute approximate surface area is 162 Å². The van der Waals surface area contributed by atoms with Gasteiger partial charge in [0.05, 0.1) is 22.7 Å². The van der Waals surface area contributed by atoms with Gasteiger partial charge in [0.1, 0.15) is 5.60 Å². The van der Waals surface area contributed by atoms with E-state index in [-0.39, 0.29) is 30.1 Å². The molecule has 3 heterocycles. The molecule has 10 heteroatoms. The van der Waals surface area contributed by atoms with Crippen molar-refractivity contribution in [2.75, 3.05) is 25.5 Å². The molecule has 2 atom stereocenters. The fourth-order valence-corrected chi connectivity index (χ4v) is 4.47. The van der Waals surface area contributed by atoms with Gasteiger partial charge in [0, 0.05) is 33.5 Å². The van der Waals surface area contributed by atoms with Gasteiger partial charge in [-0.3, -0.25) is 15.0 Å². The first-order valence-corrected chi connectivity index (χ1v) is 9.66. The van der Waals surface area contributed by atoms with Crippen molar-refractivity contribution in [1.82, 2.24) is 20.1 Å². The van der Waals surface area contributed by atoms with Gasteiger partial charge >= 0.3 is 12.1 Å². The van der Waals surface area contributed by atoms with Gasteiger partial charge in [-0.2, -0.15) is 0 Å². The molecule has 148 valence electrons. The number of fused-ring (bicyclic) bond motifs is 4. The summed E-state index contributed by atoms with van der Waals surface area (Å²) in [7, 11) is 1.53. The van der Waals surface area contributed by atoms with Gasteiger partial charge in [0.2, 0.25) is 5.91 Å². The zero-order valence-corrected chi connectivity index (χ0v) is 17.0. The minimum absolute atomic E-state index is 0.0227. The van der Waals surface area contributed by atoms with Gasteiger partial charge in [-0.05, 0) is 20.8 Å². The zero-order chi connectivity index (χ0) is 19.9. The molecule has 27 heavy (non-hydrogen) atoms. The van der Waals surface area contributed by atoms with E-state index in [2.05, 4.69) is 15.6 Å². The maximum atomic E-state index is 12.8. The van der Waals surface area contributed by atoms with Gasteiger partial charge in [0.25, 0.3) is 0 Å². The molecule has 0 radical (unpaired) electrons. The van der Waals surface area contributed by atoms with Crippen LogP contribution in [0.15, 0.2) is 0 Å². The molecule has 0 aromatic carbocycles. The number of ether oxygens (including phenoxy) is 1. The van der Waals surface area contributed by atoms with Gasteiger partial charge in [-0.15, -0.1) is 0 Å². The Morgan fingerprint density at radius 3 is 2.56 bits per heavy atom. The van der Waals surface area contributed by atoms with Crippen molar-refractivity contribution in [1.29, 1.82) is 0 Å². The third kappa shape index (κ3) is 4.00. The summed E-state index contributed by atoms with van der Waals surface area (Å²) in [5.41, 5.74) is 0.260. The fraction of sp³-hybridized carbons (Fsp3) is 0.647. The van der Waals surface area contributed by atoms with E-state index in [1.165, 1.54) is 25.3 Å². The Bertz CT molecular complexity index is 772. The van der Waals surface area contributed by atoms with Crippen LogP contribution < -0.4 is 10.6 Å². The molecular formula is C17H25N5O4S. The van der Waals surface area contributed by atoms with Crippen LogP contribution in [0.5, 0.6) is 0 Å². The average Bonchev–Trinajstić information content (AvgIpc) is 2.94. The van der Waals surface area contributed by atoms with E-state index >= 15 is 0 Å². The number of amides is 4. The normalized spacial score (nSPS) is 21.4. The number of rotatable bonds is 1. The Balaban J connectivity index is 1.93. The summed E-state index contributed by atoms with van der Waals surface area (Å²) in [6, 6.07) is -0.882. The highest BCUT2D eigenvalue weighted by Crippen LogP contribution is 2.42. The van der Waals surface area contributed by atoms with Gasteiger partial charge < -0.3 is 15.0 Å². The van der Waals surface area contributed by atoms with E-state index in [1.807, 2.05) is 20.8 Å². The molecule has 1 saturated heterocycles. The summed E-state index contributed by atoms with van der Waals surface area (Å²) in [6.45, 7) is 7.85. The SMILES string of the molecule is CNC(=O)Nc1nc2c(s1)C1CN(C(C)=O)CC(C2)N1C(=O)OC(C)(C)C. The highest BCUT2D eigenvalue weighted by atomic mass is 32.1. The van der Waals surface area contributed by atoms with Crippen molar-refractivity contribution in [3.05, 3.63) is 10.6 Å². The third-order valence-electron chi connectivity index (χ3n) is 4.51. The second-order valence-electron chi connectivity index (χ2n) is 7.72. The van der Waals surface area contributed by atoms with E-state index in [1.54, 1.807) is 9.80 Å². The number of nitrogens with one attached hydrogen (secondary N) is 2. The number of anilines is 1. The van der Waals surface area contributed by atoms with E-state index in [4.69, 9.17) is 4.74 Å². The molecule has 2 aliphatic rings. The van der Waals surface area contributed by atoms with E-state index in [0.717, 1.165) is 10.6 Å². The van der Waals surface area contributed by atoms with Crippen LogP contribution in [0, 0.1) is 0 Å². The van der Waals surface area contributed by atoms with Crippen molar-refractivity contribution in [2.45, 2.75) is 51.8 Å². The fourth-order valence-electron chi connectivity index (χ4n) is 3.39. The summed E-state index contributed by atoms with van der Waals surface area (Å²) in [6.07, 6.45) is 0.126. The van der Waals surface area contributed by atoms with Crippen molar-refractivity contribution >= 4 is 34.5 Å². The summed E-state index contributed by atoms with van der Waals surface area (Å²) < 4.78 is 5.60. The second kappa shape index (κ2) is 6.99. The molecule has 1 aromatic rings. The largest absolute Gasteiger partial charge is 0.444 e. The molecule has 0 aliphatic carbocycles. The molecule has 0 spiro atoms. The highest BCUT2D eigenvalue weighted by molar-refractivity contribution is 7.16. The van der Waals surface area contributed by atoms with Crippen molar-refractivity contribution in [2.24, 2.45) is 0 Å². The molecule has 1 fully saturated rings. The molecule has 2 unspecified atom stereocenters. The highest BCUT2D eigenvalue weighted by Gasteiger charge is 2.46. The van der Waals surface area contributed by atoms with E-state index in [9.17, 15) is 14.4 Å². The summed E-state index contributed by atoms with van der Waals surface area (Å²) >= 11 is 1.33. The maximum Gasteiger partial charge on any atom is 0.411 e. The second-order valence-corrected chi connectivity index (χ2v) is 8.75. The third-order valence-corrected chi connectivity index (χ3v) is 5.62. The minimum atomic E-state index is -0.606.